The third-order valence-corrected chi connectivity index (χ3v) is 3.36. The van der Waals surface area contributed by atoms with E-state index in [2.05, 4.69) is 29.8 Å². The summed E-state index contributed by atoms with van der Waals surface area (Å²) < 4.78 is 0. The first-order valence-electron chi connectivity index (χ1n) is 5.97. The van der Waals surface area contributed by atoms with Gasteiger partial charge in [-0.3, -0.25) is 4.79 Å². The van der Waals surface area contributed by atoms with E-state index in [9.17, 15) is 4.79 Å². The molecule has 0 saturated heterocycles. The van der Waals surface area contributed by atoms with E-state index < -0.39 is 0 Å². The number of alkyl halides is 1. The minimum Gasteiger partial charge on any atom is -0.342 e. The molecule has 2 nitrogen and oxygen atoms in total. The van der Waals surface area contributed by atoms with Gasteiger partial charge in [-0.1, -0.05) is 41.9 Å². The first kappa shape index (κ1) is 14.2. The predicted octanol–water partition coefficient (Wildman–Crippen LogP) is 3.67. The van der Waals surface area contributed by atoms with Crippen LogP contribution in [0.25, 0.3) is 0 Å². The fraction of sp³-hybridized carbons (Fsp3) is 0.500. The fourth-order valence-corrected chi connectivity index (χ4v) is 1.88. The van der Waals surface area contributed by atoms with E-state index in [1.54, 1.807) is 4.90 Å². The Bertz CT molecular complexity index is 359. The van der Waals surface area contributed by atoms with Crippen molar-refractivity contribution < 1.29 is 4.79 Å². The maximum absolute atomic E-state index is 12.0. The maximum Gasteiger partial charge on any atom is 0.253 e. The molecular formula is C14H20BrNO. The molecule has 17 heavy (non-hydrogen) atoms. The highest BCUT2D eigenvalue weighted by molar-refractivity contribution is 9.09. The van der Waals surface area contributed by atoms with Crippen molar-refractivity contribution in [3.8, 4) is 0 Å². The van der Waals surface area contributed by atoms with Gasteiger partial charge in [0.15, 0.2) is 0 Å². The second kappa shape index (κ2) is 6.80. The first-order chi connectivity index (χ1) is 8.06. The molecule has 0 aliphatic carbocycles. The van der Waals surface area contributed by atoms with Crippen molar-refractivity contribution in [3.05, 3.63) is 35.4 Å². The Labute approximate surface area is 112 Å². The zero-order valence-electron chi connectivity index (χ0n) is 10.7. The molecule has 0 unspecified atom stereocenters. The monoisotopic (exact) mass is 297 g/mol. The van der Waals surface area contributed by atoms with Crippen molar-refractivity contribution in [1.82, 2.24) is 4.90 Å². The van der Waals surface area contributed by atoms with Gasteiger partial charge in [0.2, 0.25) is 0 Å². The number of carbonyl (C=O) groups is 1. The van der Waals surface area contributed by atoms with Crippen molar-refractivity contribution in [3.63, 3.8) is 0 Å². The van der Waals surface area contributed by atoms with E-state index in [1.807, 2.05) is 31.3 Å². The number of carbonyl (C=O) groups excluding carboxylic acids is 1. The Kier molecular flexibility index (Phi) is 5.69. The Hall–Kier alpha value is -0.830. The van der Waals surface area contributed by atoms with E-state index in [-0.39, 0.29) is 5.91 Å². The largest absolute Gasteiger partial charge is 0.342 e. The van der Waals surface area contributed by atoms with Crippen LogP contribution in [0.15, 0.2) is 24.3 Å². The average molecular weight is 298 g/mol. The summed E-state index contributed by atoms with van der Waals surface area (Å²) in [7, 11) is 1.85. The summed E-state index contributed by atoms with van der Waals surface area (Å²) in [5.41, 5.74) is 2.04. The normalized spacial score (nSPS) is 10.6. The van der Waals surface area contributed by atoms with Crippen molar-refractivity contribution >= 4 is 21.8 Å². The minimum atomic E-state index is 0.0984. The van der Waals surface area contributed by atoms with Gasteiger partial charge < -0.3 is 4.90 Å². The number of halogens is 1. The molecule has 3 heteroatoms. The van der Waals surface area contributed by atoms with E-state index in [0.29, 0.717) is 5.92 Å². The summed E-state index contributed by atoms with van der Waals surface area (Å²) in [6.07, 6.45) is 0.978. The maximum atomic E-state index is 12.0. The predicted molar refractivity (Wildman–Crippen MR) is 75.9 cm³/mol. The van der Waals surface area contributed by atoms with Crippen molar-refractivity contribution in [2.24, 2.45) is 0 Å². The molecule has 0 aliphatic rings. The van der Waals surface area contributed by atoms with Gasteiger partial charge >= 0.3 is 0 Å². The van der Waals surface area contributed by atoms with Crippen LogP contribution in [0.5, 0.6) is 0 Å². The molecule has 1 aromatic rings. The van der Waals surface area contributed by atoms with Crippen molar-refractivity contribution in [2.45, 2.75) is 26.2 Å². The highest BCUT2D eigenvalue weighted by atomic mass is 79.9. The molecule has 0 aliphatic heterocycles. The van der Waals surface area contributed by atoms with Gasteiger partial charge in [-0.05, 0) is 30.0 Å². The Morgan fingerprint density at radius 3 is 2.35 bits per heavy atom. The van der Waals surface area contributed by atoms with Gasteiger partial charge in [-0.15, -0.1) is 0 Å². The lowest BCUT2D eigenvalue weighted by Crippen LogP contribution is -2.27. The highest BCUT2D eigenvalue weighted by Crippen LogP contribution is 2.15. The third kappa shape index (κ3) is 4.15. The molecule has 0 saturated carbocycles. The number of nitrogens with zero attached hydrogens (tertiary/aromatic N) is 1. The third-order valence-electron chi connectivity index (χ3n) is 2.80. The average Bonchev–Trinajstić information content (AvgIpc) is 2.35. The highest BCUT2D eigenvalue weighted by Gasteiger charge is 2.11. The van der Waals surface area contributed by atoms with Crippen LogP contribution in [0, 0.1) is 0 Å². The van der Waals surface area contributed by atoms with E-state index in [4.69, 9.17) is 0 Å². The molecule has 1 aromatic carbocycles. The topological polar surface area (TPSA) is 20.3 Å². The molecule has 0 fully saturated rings. The van der Waals surface area contributed by atoms with Crippen LogP contribution in [-0.2, 0) is 0 Å². The SMILES string of the molecule is CC(C)c1ccc(C(=O)N(C)CCCBr)cc1. The lowest BCUT2D eigenvalue weighted by atomic mass is 10.0. The number of amides is 1. The zero-order chi connectivity index (χ0) is 12.8. The summed E-state index contributed by atoms with van der Waals surface area (Å²) in [4.78, 5) is 13.8. The lowest BCUT2D eigenvalue weighted by molar-refractivity contribution is 0.0795. The molecule has 1 amide bonds. The van der Waals surface area contributed by atoms with Crippen LogP contribution in [0.2, 0.25) is 0 Å². The van der Waals surface area contributed by atoms with E-state index in [1.165, 1.54) is 5.56 Å². The summed E-state index contributed by atoms with van der Waals surface area (Å²) in [5, 5.41) is 0.927. The lowest BCUT2D eigenvalue weighted by Gasteiger charge is -2.17. The van der Waals surface area contributed by atoms with Gasteiger partial charge in [0.25, 0.3) is 5.91 Å². The van der Waals surface area contributed by atoms with Gasteiger partial charge in [0, 0.05) is 24.5 Å². The molecule has 0 radical (unpaired) electrons. The summed E-state index contributed by atoms with van der Waals surface area (Å²) in [5.74, 6) is 0.603. The van der Waals surface area contributed by atoms with Crippen LogP contribution in [0.1, 0.15) is 42.1 Å². The van der Waals surface area contributed by atoms with Gasteiger partial charge in [-0.2, -0.15) is 0 Å². The Morgan fingerprint density at radius 2 is 1.88 bits per heavy atom. The quantitative estimate of drug-likeness (QED) is 0.760. The standard InChI is InChI=1S/C14H20BrNO/c1-11(2)12-5-7-13(8-6-12)14(17)16(3)10-4-9-15/h5-8,11H,4,9-10H2,1-3H3. The Balaban J connectivity index is 2.69. The van der Waals surface area contributed by atoms with Gasteiger partial charge in [0.1, 0.15) is 0 Å². The first-order valence-corrected chi connectivity index (χ1v) is 7.09. The molecule has 1 rings (SSSR count). The van der Waals surface area contributed by atoms with Crippen LogP contribution in [0.3, 0.4) is 0 Å². The van der Waals surface area contributed by atoms with Gasteiger partial charge in [0.05, 0.1) is 0 Å². The van der Waals surface area contributed by atoms with Crippen molar-refractivity contribution in [1.29, 1.82) is 0 Å². The molecular weight excluding hydrogens is 278 g/mol. The second-order valence-electron chi connectivity index (χ2n) is 4.55. The summed E-state index contributed by atoms with van der Waals surface area (Å²) >= 11 is 3.37. The number of hydrogen-bond acceptors (Lipinski definition) is 1. The summed E-state index contributed by atoms with van der Waals surface area (Å²) in [6, 6.07) is 7.91. The van der Waals surface area contributed by atoms with E-state index in [0.717, 1.165) is 23.9 Å². The second-order valence-corrected chi connectivity index (χ2v) is 5.34. The van der Waals surface area contributed by atoms with Gasteiger partial charge in [-0.25, -0.2) is 0 Å². The molecule has 94 valence electrons. The zero-order valence-corrected chi connectivity index (χ0v) is 12.3. The Morgan fingerprint density at radius 1 is 1.29 bits per heavy atom. The van der Waals surface area contributed by atoms with Crippen LogP contribution in [-0.4, -0.2) is 29.7 Å². The molecule has 0 bridgehead atoms. The van der Waals surface area contributed by atoms with Crippen LogP contribution < -0.4 is 0 Å². The fourth-order valence-electron chi connectivity index (χ4n) is 1.63. The number of rotatable bonds is 5. The molecule has 0 atom stereocenters. The van der Waals surface area contributed by atoms with Crippen LogP contribution in [0.4, 0.5) is 0 Å². The minimum absolute atomic E-state index is 0.0984. The number of benzene rings is 1. The van der Waals surface area contributed by atoms with E-state index >= 15 is 0 Å². The molecule has 0 heterocycles. The van der Waals surface area contributed by atoms with Crippen molar-refractivity contribution in [2.75, 3.05) is 18.9 Å². The number of hydrogen-bond donors (Lipinski definition) is 0. The molecule has 0 spiro atoms. The summed E-state index contributed by atoms with van der Waals surface area (Å²) in [6.45, 7) is 5.09. The molecule has 0 N–H and O–H groups in total. The molecule has 0 aromatic heterocycles. The van der Waals surface area contributed by atoms with Crippen LogP contribution >= 0.6 is 15.9 Å². The smallest absolute Gasteiger partial charge is 0.253 e.